The van der Waals surface area contributed by atoms with Crippen LogP contribution in [-0.2, 0) is 9.53 Å². The molecule has 1 aliphatic heterocycles. The third kappa shape index (κ3) is 4.43. The second kappa shape index (κ2) is 8.56. The van der Waals surface area contributed by atoms with Crippen LogP contribution in [0.5, 0.6) is 0 Å². The maximum Gasteiger partial charge on any atom is 0.230 e. The summed E-state index contributed by atoms with van der Waals surface area (Å²) in [5.41, 5.74) is 2.12. The van der Waals surface area contributed by atoms with Gasteiger partial charge in [-0.25, -0.2) is 9.97 Å². The Kier molecular flexibility index (Phi) is 5.92. The first-order valence-corrected chi connectivity index (χ1v) is 10.9. The summed E-state index contributed by atoms with van der Waals surface area (Å²) >= 11 is 9.01. The highest BCUT2D eigenvalue weighted by Gasteiger charge is 2.17. The van der Waals surface area contributed by atoms with Gasteiger partial charge in [0, 0.05) is 29.1 Å². The predicted molar refractivity (Wildman–Crippen MR) is 111 cm³/mol. The van der Waals surface area contributed by atoms with E-state index in [0.717, 1.165) is 45.8 Å². The van der Waals surface area contributed by atoms with Gasteiger partial charge in [0.15, 0.2) is 0 Å². The summed E-state index contributed by atoms with van der Waals surface area (Å²) in [5, 5.41) is 7.53. The van der Waals surface area contributed by atoms with Crippen molar-refractivity contribution in [3.8, 4) is 11.1 Å². The van der Waals surface area contributed by atoms with Crippen molar-refractivity contribution in [1.29, 1.82) is 0 Å². The summed E-state index contributed by atoms with van der Waals surface area (Å²) in [6.07, 6.45) is 3.79. The largest absolute Gasteiger partial charge is 0.376 e. The summed E-state index contributed by atoms with van der Waals surface area (Å²) in [4.78, 5) is 21.9. The predicted octanol–water partition coefficient (Wildman–Crippen LogP) is 4.40. The standard InChI is InChI=1S/C19H18ClN3O2S2/c20-13-5-3-12(4-6-13)15-9-26-18-17(15)19(23-11-22-18)27-10-16(24)21-8-14-2-1-7-25-14/h3-6,9,11,14H,1-2,7-8,10H2,(H,21,24)/t14-/m0/s1. The number of thioether (sulfide) groups is 1. The van der Waals surface area contributed by atoms with Crippen LogP contribution in [0.1, 0.15) is 12.8 Å². The number of fused-ring (bicyclic) bond motifs is 1. The van der Waals surface area contributed by atoms with Gasteiger partial charge in [-0.05, 0) is 30.5 Å². The number of ether oxygens (including phenoxy) is 1. The summed E-state index contributed by atoms with van der Waals surface area (Å²) in [7, 11) is 0. The van der Waals surface area contributed by atoms with Crippen LogP contribution in [-0.4, -0.2) is 40.9 Å². The van der Waals surface area contributed by atoms with Crippen molar-refractivity contribution in [1.82, 2.24) is 15.3 Å². The lowest BCUT2D eigenvalue weighted by Crippen LogP contribution is -2.32. The first-order valence-electron chi connectivity index (χ1n) is 8.70. The fourth-order valence-corrected chi connectivity index (χ4v) is 4.97. The molecule has 0 bridgehead atoms. The number of benzene rings is 1. The van der Waals surface area contributed by atoms with Crippen molar-refractivity contribution in [3.05, 3.63) is 41.0 Å². The molecule has 1 fully saturated rings. The molecule has 0 spiro atoms. The van der Waals surface area contributed by atoms with Crippen LogP contribution in [0.25, 0.3) is 21.3 Å². The van der Waals surface area contributed by atoms with Gasteiger partial charge in [0.1, 0.15) is 16.2 Å². The van der Waals surface area contributed by atoms with Crippen LogP contribution in [0.4, 0.5) is 0 Å². The number of carbonyl (C=O) groups is 1. The molecule has 1 amide bonds. The fourth-order valence-electron chi connectivity index (χ4n) is 3.02. The number of hydrogen-bond donors (Lipinski definition) is 1. The molecule has 0 unspecified atom stereocenters. The number of thiophene rings is 1. The Hall–Kier alpha value is -1.67. The lowest BCUT2D eigenvalue weighted by Gasteiger charge is -2.10. The molecule has 1 aromatic carbocycles. The number of aromatic nitrogens is 2. The van der Waals surface area contributed by atoms with Crippen molar-refractivity contribution in [3.63, 3.8) is 0 Å². The molecular formula is C19H18ClN3O2S2. The summed E-state index contributed by atoms with van der Waals surface area (Å²) in [5.74, 6) is 0.305. The number of halogens is 1. The number of nitrogens with one attached hydrogen (secondary N) is 1. The van der Waals surface area contributed by atoms with Crippen LogP contribution in [0.3, 0.4) is 0 Å². The summed E-state index contributed by atoms with van der Waals surface area (Å²) in [6, 6.07) is 7.71. The Labute approximate surface area is 170 Å². The Morgan fingerprint density at radius 1 is 1.33 bits per heavy atom. The topological polar surface area (TPSA) is 64.1 Å². The van der Waals surface area contributed by atoms with Crippen molar-refractivity contribution in [2.75, 3.05) is 18.9 Å². The zero-order valence-corrected chi connectivity index (χ0v) is 16.9. The van der Waals surface area contributed by atoms with Crippen molar-refractivity contribution >= 4 is 50.8 Å². The quantitative estimate of drug-likeness (QED) is 0.474. The average molecular weight is 420 g/mol. The minimum atomic E-state index is -0.00876. The van der Waals surface area contributed by atoms with Gasteiger partial charge in [-0.15, -0.1) is 11.3 Å². The highest BCUT2D eigenvalue weighted by molar-refractivity contribution is 8.00. The van der Waals surface area contributed by atoms with Gasteiger partial charge in [-0.1, -0.05) is 35.5 Å². The number of rotatable bonds is 6. The maximum atomic E-state index is 12.2. The molecule has 1 atom stereocenters. The van der Waals surface area contributed by atoms with Gasteiger partial charge in [-0.2, -0.15) is 0 Å². The molecule has 1 saturated heterocycles. The molecule has 27 heavy (non-hydrogen) atoms. The van der Waals surface area contributed by atoms with E-state index in [4.69, 9.17) is 16.3 Å². The number of amides is 1. The molecule has 0 radical (unpaired) electrons. The zero-order valence-electron chi connectivity index (χ0n) is 14.5. The molecule has 8 heteroatoms. The van der Waals surface area contributed by atoms with E-state index in [1.54, 1.807) is 17.7 Å². The van der Waals surface area contributed by atoms with E-state index in [9.17, 15) is 4.79 Å². The Morgan fingerprint density at radius 2 is 2.19 bits per heavy atom. The van der Waals surface area contributed by atoms with E-state index in [1.165, 1.54) is 11.8 Å². The molecule has 4 rings (SSSR count). The molecule has 1 N–H and O–H groups in total. The second-order valence-electron chi connectivity index (χ2n) is 6.24. The van der Waals surface area contributed by atoms with Crippen LogP contribution in [0.2, 0.25) is 5.02 Å². The molecule has 0 aliphatic carbocycles. The molecule has 3 heterocycles. The second-order valence-corrected chi connectivity index (χ2v) is 8.50. The van der Waals surface area contributed by atoms with E-state index in [1.807, 2.05) is 24.3 Å². The van der Waals surface area contributed by atoms with Crippen LogP contribution in [0, 0.1) is 0 Å². The molecular weight excluding hydrogens is 402 g/mol. The van der Waals surface area contributed by atoms with E-state index in [0.29, 0.717) is 17.3 Å². The Bertz CT molecular complexity index is 940. The molecule has 3 aromatic rings. The van der Waals surface area contributed by atoms with Crippen molar-refractivity contribution in [2.24, 2.45) is 0 Å². The van der Waals surface area contributed by atoms with E-state index >= 15 is 0 Å². The molecule has 5 nitrogen and oxygen atoms in total. The van der Waals surface area contributed by atoms with Crippen LogP contribution < -0.4 is 5.32 Å². The van der Waals surface area contributed by atoms with E-state index in [2.05, 4.69) is 20.7 Å². The molecule has 140 valence electrons. The monoisotopic (exact) mass is 419 g/mol. The normalized spacial score (nSPS) is 16.7. The third-order valence-electron chi connectivity index (χ3n) is 4.38. The number of nitrogens with zero attached hydrogens (tertiary/aromatic N) is 2. The maximum absolute atomic E-state index is 12.2. The van der Waals surface area contributed by atoms with Crippen LogP contribution in [0.15, 0.2) is 41.0 Å². The summed E-state index contributed by atoms with van der Waals surface area (Å²) in [6.45, 7) is 1.37. The van der Waals surface area contributed by atoms with Gasteiger partial charge in [0.05, 0.1) is 17.2 Å². The first kappa shape index (κ1) is 18.7. The van der Waals surface area contributed by atoms with Gasteiger partial charge in [0.25, 0.3) is 0 Å². The van der Waals surface area contributed by atoms with E-state index < -0.39 is 0 Å². The lowest BCUT2D eigenvalue weighted by atomic mass is 10.1. The van der Waals surface area contributed by atoms with Crippen LogP contribution >= 0.6 is 34.7 Å². The van der Waals surface area contributed by atoms with Crippen molar-refractivity contribution in [2.45, 2.75) is 24.0 Å². The molecule has 2 aromatic heterocycles. The minimum absolute atomic E-state index is 0.00876. The Balaban J connectivity index is 1.49. The number of hydrogen-bond acceptors (Lipinski definition) is 6. The zero-order chi connectivity index (χ0) is 18.6. The SMILES string of the molecule is O=C(CSc1ncnc2scc(-c3ccc(Cl)cc3)c12)NC[C@@H]1CCCO1. The summed E-state index contributed by atoms with van der Waals surface area (Å²) < 4.78 is 5.54. The van der Waals surface area contributed by atoms with E-state index in [-0.39, 0.29) is 12.0 Å². The third-order valence-corrected chi connectivity index (χ3v) is 6.51. The van der Waals surface area contributed by atoms with Gasteiger partial charge >= 0.3 is 0 Å². The average Bonchev–Trinajstić information content (AvgIpc) is 3.35. The minimum Gasteiger partial charge on any atom is -0.376 e. The molecule has 1 aliphatic rings. The van der Waals surface area contributed by atoms with Gasteiger partial charge < -0.3 is 10.1 Å². The first-order chi connectivity index (χ1) is 13.2. The molecule has 0 saturated carbocycles. The van der Waals surface area contributed by atoms with Crippen molar-refractivity contribution < 1.29 is 9.53 Å². The van der Waals surface area contributed by atoms with Gasteiger partial charge in [0.2, 0.25) is 5.91 Å². The number of carbonyl (C=O) groups excluding carboxylic acids is 1. The highest BCUT2D eigenvalue weighted by Crippen LogP contribution is 2.38. The smallest absolute Gasteiger partial charge is 0.230 e. The highest BCUT2D eigenvalue weighted by atomic mass is 35.5. The lowest BCUT2D eigenvalue weighted by molar-refractivity contribution is -0.119. The Morgan fingerprint density at radius 3 is 2.96 bits per heavy atom. The fraction of sp³-hybridized carbons (Fsp3) is 0.316. The van der Waals surface area contributed by atoms with Gasteiger partial charge in [-0.3, -0.25) is 4.79 Å².